The Morgan fingerprint density at radius 2 is 1.65 bits per heavy atom. The minimum atomic E-state index is -0.400. The van der Waals surface area contributed by atoms with Gasteiger partial charge in [0.1, 0.15) is 24.0 Å². The Hall–Kier alpha value is -2.10. The molecule has 2 aromatic carbocycles. The van der Waals surface area contributed by atoms with Crippen molar-refractivity contribution in [1.82, 2.24) is 0 Å². The summed E-state index contributed by atoms with van der Waals surface area (Å²) in [6.07, 6.45) is 0. The van der Waals surface area contributed by atoms with Crippen molar-refractivity contribution >= 4 is 5.69 Å². The molecule has 0 saturated heterocycles. The standard InChI is InChI=1S/C13H11F2NO/c14-10-1-3-13(4-2-10)17-8-9-5-11(15)7-12(16)6-9/h1-7H,8,16H2. The van der Waals surface area contributed by atoms with Gasteiger partial charge in [-0.1, -0.05) is 0 Å². The molecule has 0 spiro atoms. The molecule has 2 aromatic rings. The van der Waals surface area contributed by atoms with Crippen molar-refractivity contribution in [3.05, 3.63) is 59.7 Å². The van der Waals surface area contributed by atoms with E-state index in [0.29, 0.717) is 17.0 Å². The van der Waals surface area contributed by atoms with Crippen LogP contribution in [0, 0.1) is 11.6 Å². The molecule has 0 amide bonds. The van der Waals surface area contributed by atoms with Gasteiger partial charge in [-0.2, -0.15) is 0 Å². The lowest BCUT2D eigenvalue weighted by atomic mass is 10.2. The first kappa shape index (κ1) is 11.4. The number of benzene rings is 2. The minimum absolute atomic E-state index is 0.188. The Balaban J connectivity index is 2.04. The molecule has 0 heterocycles. The number of anilines is 1. The van der Waals surface area contributed by atoms with Gasteiger partial charge in [-0.3, -0.25) is 0 Å². The van der Waals surface area contributed by atoms with Crippen molar-refractivity contribution in [2.45, 2.75) is 6.61 Å². The van der Waals surface area contributed by atoms with E-state index in [9.17, 15) is 8.78 Å². The molecule has 0 aliphatic carbocycles. The van der Waals surface area contributed by atoms with Crippen LogP contribution < -0.4 is 10.5 Å². The fourth-order valence-electron chi connectivity index (χ4n) is 1.46. The summed E-state index contributed by atoms with van der Waals surface area (Å²) in [4.78, 5) is 0. The predicted octanol–water partition coefficient (Wildman–Crippen LogP) is 3.13. The number of ether oxygens (including phenoxy) is 1. The third-order valence-electron chi connectivity index (χ3n) is 2.20. The van der Waals surface area contributed by atoms with Crippen molar-refractivity contribution in [2.24, 2.45) is 0 Å². The molecule has 0 saturated carbocycles. The molecular weight excluding hydrogens is 224 g/mol. The molecule has 0 fully saturated rings. The highest BCUT2D eigenvalue weighted by Crippen LogP contribution is 2.15. The Morgan fingerprint density at radius 3 is 2.29 bits per heavy atom. The largest absolute Gasteiger partial charge is 0.489 e. The van der Waals surface area contributed by atoms with Crippen molar-refractivity contribution in [1.29, 1.82) is 0 Å². The zero-order valence-electron chi connectivity index (χ0n) is 8.99. The van der Waals surface area contributed by atoms with Crippen LogP contribution in [0.2, 0.25) is 0 Å². The molecule has 0 aliphatic heterocycles. The first-order valence-corrected chi connectivity index (χ1v) is 5.07. The average Bonchev–Trinajstić information content (AvgIpc) is 2.27. The number of nitrogens with two attached hydrogens (primary N) is 1. The molecule has 88 valence electrons. The molecule has 0 bridgehead atoms. The van der Waals surface area contributed by atoms with Gasteiger partial charge in [-0.15, -0.1) is 0 Å². The van der Waals surface area contributed by atoms with E-state index in [2.05, 4.69) is 0 Å². The van der Waals surface area contributed by atoms with Gasteiger partial charge < -0.3 is 10.5 Å². The first-order valence-electron chi connectivity index (χ1n) is 5.07. The van der Waals surface area contributed by atoms with Crippen molar-refractivity contribution in [3.63, 3.8) is 0 Å². The molecule has 2 nitrogen and oxygen atoms in total. The quantitative estimate of drug-likeness (QED) is 0.829. The number of nitrogen functional groups attached to an aromatic ring is 1. The van der Waals surface area contributed by atoms with E-state index in [-0.39, 0.29) is 12.4 Å². The van der Waals surface area contributed by atoms with Crippen molar-refractivity contribution in [3.8, 4) is 5.75 Å². The number of hydrogen-bond acceptors (Lipinski definition) is 2. The highest BCUT2D eigenvalue weighted by molar-refractivity contribution is 5.41. The Kier molecular flexibility index (Phi) is 3.23. The molecular formula is C13H11F2NO. The lowest BCUT2D eigenvalue weighted by Gasteiger charge is -2.07. The fraction of sp³-hybridized carbons (Fsp3) is 0.0769. The van der Waals surface area contributed by atoms with Gasteiger partial charge in [0.25, 0.3) is 0 Å². The number of hydrogen-bond donors (Lipinski definition) is 1. The molecule has 4 heteroatoms. The molecule has 0 unspecified atom stereocenters. The van der Waals surface area contributed by atoms with Crippen LogP contribution >= 0.6 is 0 Å². The summed E-state index contributed by atoms with van der Waals surface area (Å²) >= 11 is 0. The summed E-state index contributed by atoms with van der Waals surface area (Å²) in [6.45, 7) is 0.188. The molecule has 0 aromatic heterocycles. The van der Waals surface area contributed by atoms with Crippen LogP contribution in [0.3, 0.4) is 0 Å². The summed E-state index contributed by atoms with van der Waals surface area (Å²) in [5.41, 5.74) is 6.48. The Labute approximate surface area is 97.6 Å². The van der Waals surface area contributed by atoms with E-state index in [1.165, 1.54) is 36.4 Å². The highest BCUT2D eigenvalue weighted by Gasteiger charge is 2.00. The Morgan fingerprint density at radius 1 is 0.941 bits per heavy atom. The maximum absolute atomic E-state index is 13.0. The molecule has 2 N–H and O–H groups in total. The van der Waals surface area contributed by atoms with Crippen LogP contribution in [0.15, 0.2) is 42.5 Å². The van der Waals surface area contributed by atoms with Crippen LogP contribution in [-0.2, 0) is 6.61 Å². The highest BCUT2D eigenvalue weighted by atomic mass is 19.1. The SMILES string of the molecule is Nc1cc(F)cc(COc2ccc(F)cc2)c1. The van der Waals surface area contributed by atoms with Gasteiger partial charge in [-0.25, -0.2) is 8.78 Å². The second-order valence-corrected chi connectivity index (χ2v) is 3.64. The van der Waals surface area contributed by atoms with Crippen LogP contribution in [-0.4, -0.2) is 0 Å². The summed E-state index contributed by atoms with van der Waals surface area (Å²) in [5, 5.41) is 0. The first-order chi connectivity index (χ1) is 8.13. The number of rotatable bonds is 3. The molecule has 2 rings (SSSR count). The van der Waals surface area contributed by atoms with Gasteiger partial charge in [0.2, 0.25) is 0 Å². The summed E-state index contributed by atoms with van der Waals surface area (Å²) in [5.74, 6) is -0.204. The second kappa shape index (κ2) is 4.82. The maximum Gasteiger partial charge on any atom is 0.125 e. The van der Waals surface area contributed by atoms with E-state index < -0.39 is 5.82 Å². The molecule has 0 radical (unpaired) electrons. The van der Waals surface area contributed by atoms with E-state index >= 15 is 0 Å². The van der Waals surface area contributed by atoms with Gasteiger partial charge in [0, 0.05) is 5.69 Å². The Bertz CT molecular complexity index is 491. The molecule has 17 heavy (non-hydrogen) atoms. The second-order valence-electron chi connectivity index (χ2n) is 3.64. The zero-order chi connectivity index (χ0) is 12.3. The predicted molar refractivity (Wildman–Crippen MR) is 61.5 cm³/mol. The third kappa shape index (κ3) is 3.17. The topological polar surface area (TPSA) is 35.2 Å². The van der Waals surface area contributed by atoms with Gasteiger partial charge in [-0.05, 0) is 48.0 Å². The molecule has 0 atom stereocenters. The van der Waals surface area contributed by atoms with Gasteiger partial charge in [0.05, 0.1) is 0 Å². The van der Waals surface area contributed by atoms with Crippen LogP contribution in [0.25, 0.3) is 0 Å². The van der Waals surface area contributed by atoms with Gasteiger partial charge >= 0.3 is 0 Å². The van der Waals surface area contributed by atoms with Crippen molar-refractivity contribution < 1.29 is 13.5 Å². The lowest BCUT2D eigenvalue weighted by molar-refractivity contribution is 0.305. The van der Waals surface area contributed by atoms with E-state index in [4.69, 9.17) is 10.5 Å². The van der Waals surface area contributed by atoms with E-state index in [1.807, 2.05) is 0 Å². The van der Waals surface area contributed by atoms with Crippen LogP contribution in [0.1, 0.15) is 5.56 Å². The minimum Gasteiger partial charge on any atom is -0.489 e. The van der Waals surface area contributed by atoms with Gasteiger partial charge in [0.15, 0.2) is 0 Å². The monoisotopic (exact) mass is 235 g/mol. The normalized spacial score (nSPS) is 10.2. The van der Waals surface area contributed by atoms with Crippen molar-refractivity contribution in [2.75, 3.05) is 5.73 Å². The van der Waals surface area contributed by atoms with Crippen LogP contribution in [0.5, 0.6) is 5.75 Å². The summed E-state index contributed by atoms with van der Waals surface area (Å²) in [7, 11) is 0. The average molecular weight is 235 g/mol. The molecule has 0 aliphatic rings. The number of halogens is 2. The van der Waals surface area contributed by atoms with Crippen LogP contribution in [0.4, 0.5) is 14.5 Å². The zero-order valence-corrected chi connectivity index (χ0v) is 8.99. The fourth-order valence-corrected chi connectivity index (χ4v) is 1.46. The van der Waals surface area contributed by atoms with E-state index in [0.717, 1.165) is 0 Å². The third-order valence-corrected chi connectivity index (χ3v) is 2.20. The smallest absolute Gasteiger partial charge is 0.125 e. The van der Waals surface area contributed by atoms with E-state index in [1.54, 1.807) is 6.07 Å². The lowest BCUT2D eigenvalue weighted by Crippen LogP contribution is -1.98. The maximum atomic E-state index is 13.0. The summed E-state index contributed by atoms with van der Waals surface area (Å²) in [6, 6.07) is 9.84. The summed E-state index contributed by atoms with van der Waals surface area (Å²) < 4.78 is 31.0.